The number of carbonyl (C=O) groups excluding carboxylic acids is 2. The third-order valence-corrected chi connectivity index (χ3v) is 3.38. The predicted molar refractivity (Wildman–Crippen MR) is 75.8 cm³/mol. The predicted octanol–water partition coefficient (Wildman–Crippen LogP) is 2.56. The van der Waals surface area contributed by atoms with Gasteiger partial charge in [-0.3, -0.25) is 4.79 Å². The molecule has 1 atom stereocenters. The molecule has 2 rings (SSSR count). The van der Waals surface area contributed by atoms with Crippen molar-refractivity contribution < 1.29 is 23.8 Å². The molecule has 0 saturated heterocycles. The van der Waals surface area contributed by atoms with Gasteiger partial charge in [-0.05, 0) is 31.5 Å². The summed E-state index contributed by atoms with van der Waals surface area (Å²) < 4.78 is 15.3. The van der Waals surface area contributed by atoms with Gasteiger partial charge in [-0.1, -0.05) is 12.1 Å². The molecule has 0 aromatic heterocycles. The molecule has 0 unspecified atom stereocenters. The van der Waals surface area contributed by atoms with Gasteiger partial charge >= 0.3 is 11.9 Å². The van der Waals surface area contributed by atoms with Crippen molar-refractivity contribution in [3.8, 4) is 5.75 Å². The number of cyclic esters (lactones) is 1. The second-order valence-corrected chi connectivity index (χ2v) is 4.69. The Balaban J connectivity index is 2.39. The largest absolute Gasteiger partial charge is 0.497 e. The maximum Gasteiger partial charge on any atom is 0.338 e. The van der Waals surface area contributed by atoms with Crippen LogP contribution >= 0.6 is 0 Å². The Morgan fingerprint density at radius 3 is 2.57 bits per heavy atom. The average Bonchev–Trinajstić information content (AvgIpc) is 2.46. The van der Waals surface area contributed by atoms with E-state index in [0.29, 0.717) is 11.3 Å². The van der Waals surface area contributed by atoms with Crippen LogP contribution in [0.1, 0.15) is 31.7 Å². The number of ether oxygens (including phenoxy) is 3. The summed E-state index contributed by atoms with van der Waals surface area (Å²) in [6, 6.07) is 7.28. The fourth-order valence-electron chi connectivity index (χ4n) is 2.40. The first-order chi connectivity index (χ1) is 10.1. The van der Waals surface area contributed by atoms with Gasteiger partial charge in [0.05, 0.1) is 25.7 Å². The van der Waals surface area contributed by atoms with Crippen molar-refractivity contribution in [1.29, 1.82) is 0 Å². The number of carbonyl (C=O) groups is 2. The quantitative estimate of drug-likeness (QED) is 0.797. The van der Waals surface area contributed by atoms with Crippen LogP contribution in [0.4, 0.5) is 0 Å². The molecule has 5 heteroatoms. The number of benzene rings is 1. The van der Waals surface area contributed by atoms with Crippen molar-refractivity contribution >= 4 is 11.9 Å². The lowest BCUT2D eigenvalue weighted by atomic mass is 9.86. The molecular formula is C16H18O5. The topological polar surface area (TPSA) is 61.8 Å². The SMILES string of the molecule is CCOC(=O)C1=C(C)OC(=O)C[C@H]1c1ccc(OC)cc1. The zero-order chi connectivity index (χ0) is 15.4. The molecule has 0 radical (unpaired) electrons. The number of hydrogen-bond acceptors (Lipinski definition) is 5. The first kappa shape index (κ1) is 15.1. The lowest BCUT2D eigenvalue weighted by Gasteiger charge is -2.25. The summed E-state index contributed by atoms with van der Waals surface area (Å²) in [6.07, 6.45) is 0.123. The average molecular weight is 290 g/mol. The first-order valence-corrected chi connectivity index (χ1v) is 6.79. The van der Waals surface area contributed by atoms with Gasteiger partial charge < -0.3 is 14.2 Å². The number of esters is 2. The van der Waals surface area contributed by atoms with E-state index in [4.69, 9.17) is 14.2 Å². The highest BCUT2D eigenvalue weighted by Gasteiger charge is 2.34. The summed E-state index contributed by atoms with van der Waals surface area (Å²) in [6.45, 7) is 3.63. The lowest BCUT2D eigenvalue weighted by molar-refractivity contribution is -0.144. The highest BCUT2D eigenvalue weighted by atomic mass is 16.5. The van der Waals surface area contributed by atoms with Crippen molar-refractivity contribution in [3.05, 3.63) is 41.2 Å². The molecule has 5 nitrogen and oxygen atoms in total. The van der Waals surface area contributed by atoms with E-state index in [-0.39, 0.29) is 24.9 Å². The molecule has 112 valence electrons. The van der Waals surface area contributed by atoms with E-state index in [9.17, 15) is 9.59 Å². The molecule has 1 heterocycles. The summed E-state index contributed by atoms with van der Waals surface area (Å²) in [4.78, 5) is 23.8. The van der Waals surface area contributed by atoms with E-state index < -0.39 is 5.97 Å². The Labute approximate surface area is 123 Å². The number of hydrogen-bond donors (Lipinski definition) is 0. The van der Waals surface area contributed by atoms with Gasteiger partial charge in [-0.2, -0.15) is 0 Å². The van der Waals surface area contributed by atoms with Gasteiger partial charge in [0.2, 0.25) is 0 Å². The Bertz CT molecular complexity index is 571. The van der Waals surface area contributed by atoms with Crippen molar-refractivity contribution in [1.82, 2.24) is 0 Å². The van der Waals surface area contributed by atoms with E-state index in [1.807, 2.05) is 12.1 Å². The fraction of sp³-hybridized carbons (Fsp3) is 0.375. The summed E-state index contributed by atoms with van der Waals surface area (Å²) >= 11 is 0. The van der Waals surface area contributed by atoms with Crippen LogP contribution in [0, 0.1) is 0 Å². The molecule has 0 N–H and O–H groups in total. The summed E-state index contributed by atoms with van der Waals surface area (Å²) in [5.74, 6) is -0.109. The molecule has 0 bridgehead atoms. The van der Waals surface area contributed by atoms with Gasteiger partial charge in [-0.15, -0.1) is 0 Å². The smallest absolute Gasteiger partial charge is 0.338 e. The van der Waals surface area contributed by atoms with Gasteiger partial charge in [-0.25, -0.2) is 4.79 Å². The number of methoxy groups -OCH3 is 1. The van der Waals surface area contributed by atoms with Crippen molar-refractivity contribution in [3.63, 3.8) is 0 Å². The van der Waals surface area contributed by atoms with Crippen LogP contribution in [0.2, 0.25) is 0 Å². The highest BCUT2D eigenvalue weighted by Crippen LogP contribution is 2.36. The molecule has 21 heavy (non-hydrogen) atoms. The molecule has 0 saturated carbocycles. The minimum absolute atomic E-state index is 0.123. The van der Waals surface area contributed by atoms with Crippen LogP contribution < -0.4 is 4.74 Å². The standard InChI is InChI=1S/C16H18O5/c1-4-20-16(18)15-10(2)21-14(17)9-13(15)11-5-7-12(19-3)8-6-11/h5-8,13H,4,9H2,1-3H3/t13-/m0/s1. The molecule has 0 amide bonds. The summed E-state index contributed by atoms with van der Waals surface area (Å²) in [5, 5.41) is 0. The van der Waals surface area contributed by atoms with Crippen molar-refractivity contribution in [2.45, 2.75) is 26.2 Å². The second-order valence-electron chi connectivity index (χ2n) is 4.69. The minimum Gasteiger partial charge on any atom is -0.497 e. The Morgan fingerprint density at radius 1 is 1.33 bits per heavy atom. The van der Waals surface area contributed by atoms with E-state index in [1.165, 1.54) is 0 Å². The maximum atomic E-state index is 12.1. The molecule has 0 spiro atoms. The Morgan fingerprint density at radius 2 is 2.00 bits per heavy atom. The molecule has 1 aliphatic rings. The summed E-state index contributed by atoms with van der Waals surface area (Å²) in [7, 11) is 1.58. The maximum absolute atomic E-state index is 12.1. The third-order valence-electron chi connectivity index (χ3n) is 3.38. The fourth-order valence-corrected chi connectivity index (χ4v) is 2.40. The summed E-state index contributed by atoms with van der Waals surface area (Å²) in [5.41, 5.74) is 1.26. The van der Waals surface area contributed by atoms with E-state index in [1.54, 1.807) is 33.1 Å². The molecule has 0 aliphatic carbocycles. The first-order valence-electron chi connectivity index (χ1n) is 6.79. The van der Waals surface area contributed by atoms with Crippen LogP contribution in [0.3, 0.4) is 0 Å². The second kappa shape index (κ2) is 6.43. The van der Waals surface area contributed by atoms with Crippen LogP contribution in [0.25, 0.3) is 0 Å². The molecule has 1 aromatic rings. The molecule has 1 aliphatic heterocycles. The van der Waals surface area contributed by atoms with Crippen molar-refractivity contribution in [2.75, 3.05) is 13.7 Å². The van der Waals surface area contributed by atoms with Crippen LogP contribution in [-0.4, -0.2) is 25.7 Å². The van der Waals surface area contributed by atoms with E-state index >= 15 is 0 Å². The minimum atomic E-state index is -0.441. The third kappa shape index (κ3) is 3.24. The Hall–Kier alpha value is -2.30. The lowest BCUT2D eigenvalue weighted by Crippen LogP contribution is -2.25. The zero-order valence-electron chi connectivity index (χ0n) is 12.3. The highest BCUT2D eigenvalue weighted by molar-refractivity contribution is 5.93. The van der Waals surface area contributed by atoms with Gasteiger partial charge in [0, 0.05) is 5.92 Å². The van der Waals surface area contributed by atoms with Crippen molar-refractivity contribution in [2.24, 2.45) is 0 Å². The normalized spacial score (nSPS) is 18.2. The Kier molecular flexibility index (Phi) is 4.62. The molecule has 0 fully saturated rings. The van der Waals surface area contributed by atoms with Crippen LogP contribution in [-0.2, 0) is 19.1 Å². The molecule has 1 aromatic carbocycles. The monoisotopic (exact) mass is 290 g/mol. The van der Waals surface area contributed by atoms with Gasteiger partial charge in [0.15, 0.2) is 0 Å². The number of allylic oxidation sites excluding steroid dienone is 1. The van der Waals surface area contributed by atoms with Gasteiger partial charge in [0.25, 0.3) is 0 Å². The van der Waals surface area contributed by atoms with E-state index in [2.05, 4.69) is 0 Å². The van der Waals surface area contributed by atoms with Crippen LogP contribution in [0.15, 0.2) is 35.6 Å². The van der Waals surface area contributed by atoms with Crippen LogP contribution in [0.5, 0.6) is 5.75 Å². The molecular weight excluding hydrogens is 272 g/mol. The zero-order valence-corrected chi connectivity index (χ0v) is 12.3. The van der Waals surface area contributed by atoms with E-state index in [0.717, 1.165) is 11.3 Å². The number of rotatable bonds is 4. The van der Waals surface area contributed by atoms with Gasteiger partial charge in [0.1, 0.15) is 11.5 Å².